The predicted octanol–water partition coefficient (Wildman–Crippen LogP) is 3.32. The normalized spacial score (nSPS) is 22.1. The molecule has 0 unspecified atom stereocenters. The number of carbonyl (C=O) groups is 1. The molecule has 1 saturated heterocycles. The molecule has 1 aliphatic carbocycles. The Morgan fingerprint density at radius 2 is 2.00 bits per heavy atom. The topological polar surface area (TPSA) is 49.8 Å². The summed E-state index contributed by atoms with van der Waals surface area (Å²) in [5, 5.41) is 10.3. The summed E-state index contributed by atoms with van der Waals surface area (Å²) >= 11 is 6.35. The molecule has 3 rings (SSSR count). The third-order valence-electron chi connectivity index (χ3n) is 4.93. The van der Waals surface area contributed by atoms with Crippen molar-refractivity contribution in [3.8, 4) is 5.75 Å². The number of aliphatic carboxylic acids is 1. The monoisotopic (exact) mass is 323 g/mol. The number of hydrogen-bond donors (Lipinski definition) is 1. The quantitative estimate of drug-likeness (QED) is 0.923. The lowest BCUT2D eigenvalue weighted by Crippen LogP contribution is -2.51. The van der Waals surface area contributed by atoms with E-state index in [0.717, 1.165) is 37.9 Å². The molecule has 0 bridgehead atoms. The van der Waals surface area contributed by atoms with Crippen LogP contribution in [0, 0.1) is 0 Å². The SMILES string of the molecule is CN1CC(Oc2ccc(C3(C(=O)O)CCCCC3)cc2Cl)C1. The van der Waals surface area contributed by atoms with Crippen LogP contribution < -0.4 is 4.74 Å². The maximum Gasteiger partial charge on any atom is 0.314 e. The second kappa shape index (κ2) is 6.09. The molecule has 1 aliphatic heterocycles. The van der Waals surface area contributed by atoms with Crippen LogP contribution in [0.15, 0.2) is 18.2 Å². The van der Waals surface area contributed by atoms with Gasteiger partial charge in [-0.05, 0) is 37.6 Å². The molecule has 22 heavy (non-hydrogen) atoms. The fourth-order valence-corrected chi connectivity index (χ4v) is 3.80. The second-order valence-corrected chi connectivity index (χ2v) is 6.96. The van der Waals surface area contributed by atoms with Crippen molar-refractivity contribution in [2.45, 2.75) is 43.6 Å². The summed E-state index contributed by atoms with van der Waals surface area (Å²) in [5.41, 5.74) is 0.0275. The summed E-state index contributed by atoms with van der Waals surface area (Å²) in [4.78, 5) is 14.0. The average Bonchev–Trinajstić information content (AvgIpc) is 2.48. The van der Waals surface area contributed by atoms with Gasteiger partial charge in [0.2, 0.25) is 0 Å². The Labute approximate surface area is 136 Å². The second-order valence-electron chi connectivity index (χ2n) is 6.55. The molecule has 0 atom stereocenters. The van der Waals surface area contributed by atoms with Crippen LogP contribution in [0.25, 0.3) is 0 Å². The highest BCUT2D eigenvalue weighted by Gasteiger charge is 2.41. The zero-order valence-corrected chi connectivity index (χ0v) is 13.6. The van der Waals surface area contributed by atoms with E-state index in [-0.39, 0.29) is 6.10 Å². The van der Waals surface area contributed by atoms with Crippen molar-refractivity contribution in [3.63, 3.8) is 0 Å². The fraction of sp³-hybridized carbons (Fsp3) is 0.588. The van der Waals surface area contributed by atoms with Gasteiger partial charge in [0.15, 0.2) is 0 Å². The molecule has 0 radical (unpaired) electrons. The van der Waals surface area contributed by atoms with Crippen LogP contribution in [0.4, 0.5) is 0 Å². The number of nitrogens with zero attached hydrogens (tertiary/aromatic N) is 1. The molecule has 2 aliphatic rings. The molecular weight excluding hydrogens is 302 g/mol. The Bertz CT molecular complexity index is 563. The van der Waals surface area contributed by atoms with Crippen LogP contribution in [0.5, 0.6) is 5.75 Å². The standard InChI is InChI=1S/C17H22ClNO3/c1-19-10-13(11-19)22-15-6-5-12(9-14(15)18)17(16(20)21)7-3-2-4-8-17/h5-6,9,13H,2-4,7-8,10-11H2,1H3,(H,20,21). The number of ether oxygens (including phenoxy) is 1. The lowest BCUT2D eigenvalue weighted by atomic mass is 9.69. The maximum atomic E-state index is 11.9. The Morgan fingerprint density at radius 1 is 1.32 bits per heavy atom. The van der Waals surface area contributed by atoms with E-state index in [4.69, 9.17) is 16.3 Å². The predicted molar refractivity (Wildman–Crippen MR) is 85.8 cm³/mol. The van der Waals surface area contributed by atoms with E-state index in [1.165, 1.54) is 0 Å². The van der Waals surface area contributed by atoms with Gasteiger partial charge in [-0.3, -0.25) is 9.69 Å². The van der Waals surface area contributed by atoms with Gasteiger partial charge in [0, 0.05) is 13.1 Å². The fourth-order valence-electron chi connectivity index (χ4n) is 3.57. The van der Waals surface area contributed by atoms with Crippen molar-refractivity contribution >= 4 is 17.6 Å². The lowest BCUT2D eigenvalue weighted by Gasteiger charge is -2.36. The number of halogens is 1. The number of rotatable bonds is 4. The highest BCUT2D eigenvalue weighted by Crippen LogP contribution is 2.42. The van der Waals surface area contributed by atoms with E-state index < -0.39 is 11.4 Å². The number of likely N-dealkylation sites (tertiary alicyclic amines) is 1. The van der Waals surface area contributed by atoms with Gasteiger partial charge in [-0.1, -0.05) is 36.9 Å². The molecule has 120 valence electrons. The van der Waals surface area contributed by atoms with Crippen LogP contribution in [0.3, 0.4) is 0 Å². The molecule has 2 fully saturated rings. The van der Waals surface area contributed by atoms with Gasteiger partial charge in [-0.25, -0.2) is 0 Å². The van der Waals surface area contributed by atoms with Crippen LogP contribution in [-0.2, 0) is 10.2 Å². The molecular formula is C17H22ClNO3. The number of likely N-dealkylation sites (N-methyl/N-ethyl adjacent to an activating group) is 1. The number of carboxylic acids is 1. The molecule has 4 nitrogen and oxygen atoms in total. The minimum atomic E-state index is -0.781. The van der Waals surface area contributed by atoms with Crippen molar-refractivity contribution in [1.29, 1.82) is 0 Å². The van der Waals surface area contributed by atoms with E-state index in [2.05, 4.69) is 4.90 Å². The van der Waals surface area contributed by atoms with Gasteiger partial charge < -0.3 is 9.84 Å². The molecule has 1 aromatic carbocycles. The Morgan fingerprint density at radius 3 is 2.55 bits per heavy atom. The number of carboxylic acid groups (broad SMARTS) is 1. The van der Waals surface area contributed by atoms with Gasteiger partial charge in [-0.15, -0.1) is 0 Å². The highest BCUT2D eigenvalue weighted by molar-refractivity contribution is 6.32. The molecule has 1 N–H and O–H groups in total. The maximum absolute atomic E-state index is 11.9. The van der Waals surface area contributed by atoms with Gasteiger partial charge in [0.25, 0.3) is 0 Å². The van der Waals surface area contributed by atoms with Gasteiger partial charge in [0.05, 0.1) is 10.4 Å². The van der Waals surface area contributed by atoms with E-state index in [0.29, 0.717) is 23.6 Å². The minimum Gasteiger partial charge on any atom is -0.486 e. The largest absolute Gasteiger partial charge is 0.486 e. The third-order valence-corrected chi connectivity index (χ3v) is 5.22. The first-order chi connectivity index (χ1) is 10.5. The zero-order valence-electron chi connectivity index (χ0n) is 12.8. The molecule has 5 heteroatoms. The number of hydrogen-bond acceptors (Lipinski definition) is 3. The highest BCUT2D eigenvalue weighted by atomic mass is 35.5. The summed E-state index contributed by atoms with van der Waals surface area (Å²) in [6.07, 6.45) is 4.57. The van der Waals surface area contributed by atoms with E-state index in [1.807, 2.05) is 19.2 Å². The van der Waals surface area contributed by atoms with Gasteiger partial charge >= 0.3 is 5.97 Å². The first-order valence-corrected chi connectivity index (χ1v) is 8.28. The molecule has 1 aromatic rings. The Hall–Kier alpha value is -1.26. The zero-order chi connectivity index (χ0) is 15.7. The first-order valence-electron chi connectivity index (χ1n) is 7.90. The van der Waals surface area contributed by atoms with Gasteiger partial charge in [-0.2, -0.15) is 0 Å². The van der Waals surface area contributed by atoms with E-state index in [9.17, 15) is 9.90 Å². The van der Waals surface area contributed by atoms with Crippen molar-refractivity contribution in [2.75, 3.05) is 20.1 Å². The summed E-state index contributed by atoms with van der Waals surface area (Å²) in [6, 6.07) is 5.50. The molecule has 0 amide bonds. The van der Waals surface area contributed by atoms with Gasteiger partial charge in [0.1, 0.15) is 11.9 Å². The smallest absolute Gasteiger partial charge is 0.314 e. The third kappa shape index (κ3) is 2.82. The number of benzene rings is 1. The van der Waals surface area contributed by atoms with Crippen LogP contribution >= 0.6 is 11.6 Å². The summed E-state index contributed by atoms with van der Waals surface area (Å²) in [7, 11) is 2.05. The summed E-state index contributed by atoms with van der Waals surface area (Å²) in [5.74, 6) is -0.0857. The van der Waals surface area contributed by atoms with Crippen molar-refractivity contribution in [1.82, 2.24) is 4.90 Å². The molecule has 1 saturated carbocycles. The van der Waals surface area contributed by atoms with Crippen LogP contribution in [0.1, 0.15) is 37.7 Å². The lowest BCUT2D eigenvalue weighted by molar-refractivity contribution is -0.145. The Kier molecular flexibility index (Phi) is 4.33. The molecule has 0 aromatic heterocycles. The Balaban J connectivity index is 1.82. The average molecular weight is 324 g/mol. The van der Waals surface area contributed by atoms with Crippen molar-refractivity contribution in [2.24, 2.45) is 0 Å². The summed E-state index contributed by atoms with van der Waals surface area (Å²) in [6.45, 7) is 1.80. The van der Waals surface area contributed by atoms with Crippen molar-refractivity contribution < 1.29 is 14.6 Å². The van der Waals surface area contributed by atoms with Crippen molar-refractivity contribution in [3.05, 3.63) is 28.8 Å². The molecule has 1 heterocycles. The first kappa shape index (κ1) is 15.6. The van der Waals surface area contributed by atoms with E-state index >= 15 is 0 Å². The van der Waals surface area contributed by atoms with Crippen LogP contribution in [-0.4, -0.2) is 42.2 Å². The summed E-state index contributed by atoms with van der Waals surface area (Å²) < 4.78 is 5.87. The minimum absolute atomic E-state index is 0.177. The van der Waals surface area contributed by atoms with Crippen LogP contribution in [0.2, 0.25) is 5.02 Å². The molecule has 0 spiro atoms. The van der Waals surface area contributed by atoms with E-state index in [1.54, 1.807) is 6.07 Å².